The van der Waals surface area contributed by atoms with Crippen LogP contribution in [-0.2, 0) is 14.3 Å². The van der Waals surface area contributed by atoms with Crippen LogP contribution in [-0.4, -0.2) is 37.4 Å². The van der Waals surface area contributed by atoms with E-state index in [9.17, 15) is 9.59 Å². The third-order valence-electron chi connectivity index (χ3n) is 2.31. The number of hydrogen-bond acceptors (Lipinski definition) is 6. The highest BCUT2D eigenvalue weighted by Gasteiger charge is 2.27. The molecule has 0 bridgehead atoms. The van der Waals surface area contributed by atoms with Crippen molar-refractivity contribution in [3.8, 4) is 5.75 Å². The van der Waals surface area contributed by atoms with Crippen LogP contribution in [0.1, 0.15) is 6.92 Å². The van der Waals surface area contributed by atoms with Crippen molar-refractivity contribution in [2.75, 3.05) is 19.6 Å². The SMILES string of the molecule is CCOC(=O)C(N=Nc1ccccc1OC)C(=O)CCl. The highest BCUT2D eigenvalue weighted by atomic mass is 35.5. The number of azo groups is 1. The summed E-state index contributed by atoms with van der Waals surface area (Å²) >= 11 is 5.45. The van der Waals surface area contributed by atoms with Gasteiger partial charge in [-0.1, -0.05) is 12.1 Å². The molecule has 7 heteroatoms. The van der Waals surface area contributed by atoms with Crippen LogP contribution in [0.5, 0.6) is 5.75 Å². The molecule has 0 aromatic heterocycles. The summed E-state index contributed by atoms with van der Waals surface area (Å²) in [7, 11) is 1.49. The van der Waals surface area contributed by atoms with E-state index in [0.29, 0.717) is 11.4 Å². The summed E-state index contributed by atoms with van der Waals surface area (Å²) in [4.78, 5) is 23.2. The van der Waals surface area contributed by atoms with E-state index >= 15 is 0 Å². The van der Waals surface area contributed by atoms with Gasteiger partial charge in [0.25, 0.3) is 0 Å². The number of benzene rings is 1. The lowest BCUT2D eigenvalue weighted by Gasteiger charge is -2.08. The Kier molecular flexibility index (Phi) is 6.66. The van der Waals surface area contributed by atoms with Gasteiger partial charge in [-0.15, -0.1) is 11.6 Å². The number of hydrogen-bond donors (Lipinski definition) is 0. The molecule has 1 rings (SSSR count). The molecule has 1 aromatic rings. The Labute approximate surface area is 121 Å². The van der Waals surface area contributed by atoms with Gasteiger partial charge in [0.15, 0.2) is 5.78 Å². The Bertz CT molecular complexity index is 505. The highest BCUT2D eigenvalue weighted by molar-refractivity contribution is 6.30. The fourth-order valence-electron chi connectivity index (χ4n) is 1.37. The predicted molar refractivity (Wildman–Crippen MR) is 73.7 cm³/mol. The third kappa shape index (κ3) is 4.31. The lowest BCUT2D eigenvalue weighted by molar-refractivity contribution is -0.147. The summed E-state index contributed by atoms with van der Waals surface area (Å²) in [5.74, 6) is -1.19. The van der Waals surface area contributed by atoms with Crippen LogP contribution in [0.15, 0.2) is 34.5 Å². The smallest absolute Gasteiger partial charge is 0.340 e. The molecule has 0 heterocycles. The fourth-order valence-corrected chi connectivity index (χ4v) is 1.52. The lowest BCUT2D eigenvalue weighted by Crippen LogP contribution is -2.30. The number of ether oxygens (including phenoxy) is 2. The Morgan fingerprint density at radius 3 is 2.65 bits per heavy atom. The van der Waals surface area contributed by atoms with Gasteiger partial charge in [-0.25, -0.2) is 4.79 Å². The summed E-state index contributed by atoms with van der Waals surface area (Å²) in [6.45, 7) is 1.78. The monoisotopic (exact) mass is 298 g/mol. The zero-order valence-corrected chi connectivity index (χ0v) is 12.0. The van der Waals surface area contributed by atoms with Crippen molar-refractivity contribution >= 4 is 29.0 Å². The second kappa shape index (κ2) is 8.27. The standard InChI is InChI=1S/C13H15ClN2O4/c1-3-20-13(18)12(10(17)8-14)16-15-9-6-4-5-7-11(9)19-2/h4-7,12H,3,8H2,1-2H3. The first kappa shape index (κ1) is 16.1. The van der Waals surface area contributed by atoms with Crippen molar-refractivity contribution in [3.63, 3.8) is 0 Å². The number of ketones is 1. The molecule has 108 valence electrons. The van der Waals surface area contributed by atoms with Gasteiger partial charge in [-0.2, -0.15) is 10.2 Å². The Balaban J connectivity index is 2.96. The number of esters is 1. The van der Waals surface area contributed by atoms with Crippen molar-refractivity contribution in [1.82, 2.24) is 0 Å². The molecular formula is C13H15ClN2O4. The van der Waals surface area contributed by atoms with Gasteiger partial charge in [0, 0.05) is 0 Å². The first-order valence-corrected chi connectivity index (χ1v) is 6.46. The topological polar surface area (TPSA) is 77.3 Å². The van der Waals surface area contributed by atoms with Crippen LogP contribution >= 0.6 is 11.6 Å². The molecule has 0 amide bonds. The van der Waals surface area contributed by atoms with Crippen molar-refractivity contribution in [2.24, 2.45) is 10.2 Å². The number of methoxy groups -OCH3 is 1. The zero-order valence-electron chi connectivity index (χ0n) is 11.2. The van der Waals surface area contributed by atoms with E-state index in [0.717, 1.165) is 0 Å². The maximum absolute atomic E-state index is 11.6. The minimum absolute atomic E-state index is 0.148. The van der Waals surface area contributed by atoms with E-state index in [-0.39, 0.29) is 12.5 Å². The Morgan fingerprint density at radius 1 is 1.35 bits per heavy atom. The van der Waals surface area contributed by atoms with E-state index < -0.39 is 17.8 Å². The summed E-state index contributed by atoms with van der Waals surface area (Å²) in [5, 5.41) is 7.60. The van der Waals surface area contributed by atoms with E-state index in [1.807, 2.05) is 0 Å². The van der Waals surface area contributed by atoms with E-state index in [4.69, 9.17) is 21.1 Å². The number of nitrogens with zero attached hydrogens (tertiary/aromatic N) is 2. The van der Waals surface area contributed by atoms with Gasteiger partial charge in [0.05, 0.1) is 19.6 Å². The number of carbonyl (C=O) groups excluding carboxylic acids is 2. The highest BCUT2D eigenvalue weighted by Crippen LogP contribution is 2.26. The molecule has 20 heavy (non-hydrogen) atoms. The second-order valence-electron chi connectivity index (χ2n) is 3.64. The molecule has 0 N–H and O–H groups in total. The molecule has 0 aliphatic heterocycles. The van der Waals surface area contributed by atoms with Crippen molar-refractivity contribution in [1.29, 1.82) is 0 Å². The van der Waals surface area contributed by atoms with Gasteiger partial charge in [0.1, 0.15) is 11.4 Å². The van der Waals surface area contributed by atoms with Crippen LogP contribution in [0.4, 0.5) is 5.69 Å². The zero-order chi connectivity index (χ0) is 15.0. The van der Waals surface area contributed by atoms with Crippen LogP contribution < -0.4 is 4.74 Å². The number of Topliss-reactive ketones (excluding diaryl/α,β-unsaturated/α-hetero) is 1. The molecule has 0 aliphatic rings. The summed E-state index contributed by atoms with van der Waals surface area (Å²) < 4.78 is 9.86. The molecule has 0 spiro atoms. The quantitative estimate of drug-likeness (QED) is 0.335. The average Bonchev–Trinajstić information content (AvgIpc) is 2.47. The van der Waals surface area contributed by atoms with Crippen LogP contribution in [0, 0.1) is 0 Å². The van der Waals surface area contributed by atoms with Gasteiger partial charge in [0.2, 0.25) is 6.04 Å². The summed E-state index contributed by atoms with van der Waals surface area (Å²) in [6.07, 6.45) is 0. The lowest BCUT2D eigenvalue weighted by atomic mass is 10.2. The molecule has 0 saturated heterocycles. The summed E-state index contributed by atoms with van der Waals surface area (Å²) in [5.41, 5.74) is 0.409. The maximum atomic E-state index is 11.6. The molecule has 6 nitrogen and oxygen atoms in total. The molecule has 0 saturated carbocycles. The van der Waals surface area contributed by atoms with Crippen molar-refractivity contribution in [2.45, 2.75) is 13.0 Å². The summed E-state index contributed by atoms with van der Waals surface area (Å²) in [6, 6.07) is 5.49. The number of halogens is 1. The molecule has 0 aliphatic carbocycles. The number of alkyl halides is 1. The molecule has 1 unspecified atom stereocenters. The van der Waals surface area contributed by atoms with E-state index in [2.05, 4.69) is 10.2 Å². The van der Waals surface area contributed by atoms with E-state index in [1.54, 1.807) is 31.2 Å². The van der Waals surface area contributed by atoms with Gasteiger partial charge in [-0.05, 0) is 19.1 Å². The van der Waals surface area contributed by atoms with Gasteiger partial charge < -0.3 is 9.47 Å². The minimum atomic E-state index is -1.35. The molecule has 1 atom stereocenters. The molecule has 0 radical (unpaired) electrons. The largest absolute Gasteiger partial charge is 0.494 e. The van der Waals surface area contributed by atoms with Gasteiger partial charge in [-0.3, -0.25) is 4.79 Å². The van der Waals surface area contributed by atoms with E-state index in [1.165, 1.54) is 7.11 Å². The van der Waals surface area contributed by atoms with Crippen molar-refractivity contribution < 1.29 is 19.1 Å². The second-order valence-corrected chi connectivity index (χ2v) is 3.91. The first-order chi connectivity index (χ1) is 9.63. The molecule has 0 fully saturated rings. The predicted octanol–water partition coefficient (Wildman–Crippen LogP) is 2.52. The van der Waals surface area contributed by atoms with Gasteiger partial charge >= 0.3 is 5.97 Å². The minimum Gasteiger partial charge on any atom is -0.494 e. The Hall–Kier alpha value is -1.95. The van der Waals surface area contributed by atoms with Crippen molar-refractivity contribution in [3.05, 3.63) is 24.3 Å². The number of rotatable bonds is 7. The first-order valence-electron chi connectivity index (χ1n) is 5.93. The van der Waals surface area contributed by atoms with Crippen LogP contribution in [0.2, 0.25) is 0 Å². The van der Waals surface area contributed by atoms with Crippen LogP contribution in [0.3, 0.4) is 0 Å². The normalized spacial score (nSPS) is 12.2. The fraction of sp³-hybridized carbons (Fsp3) is 0.385. The maximum Gasteiger partial charge on any atom is 0.340 e. The number of para-hydroxylation sites is 1. The third-order valence-corrected chi connectivity index (χ3v) is 2.58. The van der Waals surface area contributed by atoms with Crippen LogP contribution in [0.25, 0.3) is 0 Å². The molecular weight excluding hydrogens is 284 g/mol. The number of carbonyl (C=O) groups is 2. The molecule has 1 aromatic carbocycles. The average molecular weight is 299 g/mol. The Morgan fingerprint density at radius 2 is 2.05 bits per heavy atom.